The lowest BCUT2D eigenvalue weighted by Crippen LogP contribution is -2.34. The Hall–Kier alpha value is -0.570. The van der Waals surface area contributed by atoms with E-state index in [-0.39, 0.29) is 0 Å². The highest BCUT2D eigenvalue weighted by Gasteiger charge is 2.26. The molecule has 0 aliphatic carbocycles. The number of aliphatic carboxylic acids is 1. The Balaban J connectivity index is 2.10. The molecule has 0 spiro atoms. The fourth-order valence-corrected chi connectivity index (χ4v) is 2.63. The van der Waals surface area contributed by atoms with Crippen LogP contribution in [0.5, 0.6) is 0 Å². The fourth-order valence-electron chi connectivity index (χ4n) is 2.63. The predicted molar refractivity (Wildman–Crippen MR) is 74.7 cm³/mol. The van der Waals surface area contributed by atoms with Gasteiger partial charge in [-0.2, -0.15) is 0 Å². The maximum atomic E-state index is 11.0. The molecular formula is C15H29NO2. The largest absolute Gasteiger partial charge is 0.481 e. The molecule has 0 aromatic heterocycles. The first-order chi connectivity index (χ1) is 8.45. The van der Waals surface area contributed by atoms with Gasteiger partial charge in [-0.25, -0.2) is 0 Å². The summed E-state index contributed by atoms with van der Waals surface area (Å²) in [5, 5.41) is 9.04. The number of hydrogen-bond acceptors (Lipinski definition) is 2. The molecular weight excluding hydrogens is 226 g/mol. The number of carboxylic acids is 1. The average molecular weight is 255 g/mol. The molecule has 1 fully saturated rings. The number of carboxylic acid groups (broad SMARTS) is 1. The molecule has 1 rings (SSSR count). The summed E-state index contributed by atoms with van der Waals surface area (Å²) < 4.78 is 0. The highest BCUT2D eigenvalue weighted by molar-refractivity contribution is 5.73. The van der Waals surface area contributed by atoms with E-state index < -0.39 is 11.4 Å². The van der Waals surface area contributed by atoms with Gasteiger partial charge in [0.1, 0.15) is 0 Å². The number of likely N-dealkylation sites (tertiary alicyclic amines) is 1. The van der Waals surface area contributed by atoms with E-state index in [4.69, 9.17) is 5.11 Å². The number of hydrogen-bond donors (Lipinski definition) is 1. The maximum Gasteiger partial charge on any atom is 0.309 e. The lowest BCUT2D eigenvalue weighted by Gasteiger charge is -2.31. The van der Waals surface area contributed by atoms with E-state index in [0.29, 0.717) is 0 Å². The van der Waals surface area contributed by atoms with Gasteiger partial charge in [0, 0.05) is 0 Å². The molecule has 3 nitrogen and oxygen atoms in total. The normalized spacial score (nSPS) is 19.1. The summed E-state index contributed by atoms with van der Waals surface area (Å²) in [6.45, 7) is 9.55. The van der Waals surface area contributed by atoms with Crippen molar-refractivity contribution in [1.29, 1.82) is 0 Å². The SMILES string of the molecule is CCC1CCN(CCCCC(C)(C)C(=O)O)CC1. The van der Waals surface area contributed by atoms with Crippen LogP contribution in [0.4, 0.5) is 0 Å². The van der Waals surface area contributed by atoms with E-state index in [9.17, 15) is 4.79 Å². The summed E-state index contributed by atoms with van der Waals surface area (Å²) in [6, 6.07) is 0. The van der Waals surface area contributed by atoms with Crippen molar-refractivity contribution in [2.75, 3.05) is 19.6 Å². The molecule has 0 radical (unpaired) electrons. The van der Waals surface area contributed by atoms with Crippen molar-refractivity contribution < 1.29 is 9.90 Å². The zero-order valence-corrected chi connectivity index (χ0v) is 12.2. The Morgan fingerprint density at radius 2 is 1.89 bits per heavy atom. The summed E-state index contributed by atoms with van der Waals surface area (Å²) in [5.74, 6) is 0.262. The minimum Gasteiger partial charge on any atom is -0.481 e. The summed E-state index contributed by atoms with van der Waals surface area (Å²) >= 11 is 0. The molecule has 1 saturated heterocycles. The van der Waals surface area contributed by atoms with Gasteiger partial charge in [-0.05, 0) is 65.1 Å². The van der Waals surface area contributed by atoms with Crippen molar-refractivity contribution in [3.8, 4) is 0 Å². The second-order valence-corrected chi connectivity index (χ2v) is 6.34. The van der Waals surface area contributed by atoms with Gasteiger partial charge in [-0.3, -0.25) is 4.79 Å². The first kappa shape index (κ1) is 15.5. The van der Waals surface area contributed by atoms with E-state index in [0.717, 1.165) is 31.7 Å². The van der Waals surface area contributed by atoms with Crippen LogP contribution in [0.25, 0.3) is 0 Å². The van der Waals surface area contributed by atoms with Crippen LogP contribution in [0.15, 0.2) is 0 Å². The molecule has 0 bridgehead atoms. The molecule has 1 aliphatic heterocycles. The topological polar surface area (TPSA) is 40.5 Å². The molecule has 0 atom stereocenters. The van der Waals surface area contributed by atoms with Gasteiger partial charge in [0.05, 0.1) is 5.41 Å². The minimum absolute atomic E-state index is 0.560. The van der Waals surface area contributed by atoms with Gasteiger partial charge in [0.2, 0.25) is 0 Å². The minimum atomic E-state index is -0.675. The number of rotatable bonds is 7. The Morgan fingerprint density at radius 3 is 2.39 bits per heavy atom. The molecule has 0 unspecified atom stereocenters. The van der Waals surface area contributed by atoms with Gasteiger partial charge < -0.3 is 10.0 Å². The smallest absolute Gasteiger partial charge is 0.309 e. The summed E-state index contributed by atoms with van der Waals surface area (Å²) in [5.41, 5.74) is -0.560. The van der Waals surface area contributed by atoms with Crippen LogP contribution in [0, 0.1) is 11.3 Å². The van der Waals surface area contributed by atoms with E-state index in [1.807, 2.05) is 13.8 Å². The van der Waals surface area contributed by atoms with E-state index in [1.54, 1.807) is 0 Å². The fraction of sp³-hybridized carbons (Fsp3) is 0.933. The van der Waals surface area contributed by atoms with Crippen LogP contribution in [0.1, 0.15) is 59.3 Å². The number of unbranched alkanes of at least 4 members (excludes halogenated alkanes) is 1. The van der Waals surface area contributed by atoms with Gasteiger partial charge in [0.25, 0.3) is 0 Å². The van der Waals surface area contributed by atoms with E-state index in [1.165, 1.54) is 32.4 Å². The summed E-state index contributed by atoms with van der Waals surface area (Å²) in [7, 11) is 0. The summed E-state index contributed by atoms with van der Waals surface area (Å²) in [6.07, 6.45) is 6.95. The van der Waals surface area contributed by atoms with Crippen LogP contribution >= 0.6 is 0 Å². The Kier molecular flexibility index (Phi) is 6.13. The lowest BCUT2D eigenvalue weighted by atomic mass is 9.87. The third kappa shape index (κ3) is 4.97. The van der Waals surface area contributed by atoms with Crippen molar-refractivity contribution in [3.05, 3.63) is 0 Å². The zero-order valence-electron chi connectivity index (χ0n) is 12.2. The van der Waals surface area contributed by atoms with Crippen molar-refractivity contribution in [2.45, 2.75) is 59.3 Å². The molecule has 1 aliphatic rings. The second kappa shape index (κ2) is 7.13. The van der Waals surface area contributed by atoms with Crippen molar-refractivity contribution >= 4 is 5.97 Å². The third-order valence-electron chi connectivity index (χ3n) is 4.39. The molecule has 18 heavy (non-hydrogen) atoms. The van der Waals surface area contributed by atoms with Crippen LogP contribution in [-0.4, -0.2) is 35.6 Å². The van der Waals surface area contributed by atoms with Gasteiger partial charge >= 0.3 is 5.97 Å². The zero-order chi connectivity index (χ0) is 13.6. The Bertz CT molecular complexity index is 255. The standard InChI is InChI=1S/C15H29NO2/c1-4-13-7-11-16(12-8-13)10-6-5-9-15(2,3)14(17)18/h13H,4-12H2,1-3H3,(H,17,18). The van der Waals surface area contributed by atoms with Crippen LogP contribution in [0.3, 0.4) is 0 Å². The van der Waals surface area contributed by atoms with E-state index >= 15 is 0 Å². The van der Waals surface area contributed by atoms with Crippen LogP contribution in [-0.2, 0) is 4.79 Å². The monoisotopic (exact) mass is 255 g/mol. The molecule has 0 amide bonds. The first-order valence-electron chi connectivity index (χ1n) is 7.41. The predicted octanol–water partition coefficient (Wildman–Crippen LogP) is 3.39. The molecule has 0 saturated carbocycles. The average Bonchev–Trinajstić information content (AvgIpc) is 2.35. The lowest BCUT2D eigenvalue weighted by molar-refractivity contribution is -0.147. The molecule has 3 heteroatoms. The van der Waals surface area contributed by atoms with Crippen molar-refractivity contribution in [1.82, 2.24) is 4.90 Å². The molecule has 1 N–H and O–H groups in total. The van der Waals surface area contributed by atoms with Crippen LogP contribution in [0.2, 0.25) is 0 Å². The van der Waals surface area contributed by atoms with Gasteiger partial charge in [-0.1, -0.05) is 19.8 Å². The first-order valence-corrected chi connectivity index (χ1v) is 7.41. The molecule has 106 valence electrons. The van der Waals surface area contributed by atoms with Gasteiger partial charge in [-0.15, -0.1) is 0 Å². The number of piperidine rings is 1. The highest BCUT2D eigenvalue weighted by atomic mass is 16.4. The molecule has 1 heterocycles. The van der Waals surface area contributed by atoms with Crippen molar-refractivity contribution in [2.24, 2.45) is 11.3 Å². The molecule has 0 aromatic rings. The quantitative estimate of drug-likeness (QED) is 0.709. The Morgan fingerprint density at radius 1 is 1.28 bits per heavy atom. The second-order valence-electron chi connectivity index (χ2n) is 6.34. The van der Waals surface area contributed by atoms with Crippen molar-refractivity contribution in [3.63, 3.8) is 0 Å². The number of nitrogens with zero attached hydrogens (tertiary/aromatic N) is 1. The summed E-state index contributed by atoms with van der Waals surface area (Å²) in [4.78, 5) is 13.5. The Labute approximate surface area is 112 Å². The van der Waals surface area contributed by atoms with Crippen LogP contribution < -0.4 is 0 Å². The molecule has 0 aromatic carbocycles. The third-order valence-corrected chi connectivity index (χ3v) is 4.39. The van der Waals surface area contributed by atoms with E-state index in [2.05, 4.69) is 11.8 Å². The number of carbonyl (C=O) groups is 1. The van der Waals surface area contributed by atoms with Gasteiger partial charge in [0.15, 0.2) is 0 Å². The highest BCUT2D eigenvalue weighted by Crippen LogP contribution is 2.24. The maximum absolute atomic E-state index is 11.0.